The molecule has 0 fully saturated rings. The van der Waals surface area contributed by atoms with E-state index in [0.717, 1.165) is 12.8 Å². The van der Waals surface area contributed by atoms with Gasteiger partial charge in [0.2, 0.25) is 5.91 Å². The Morgan fingerprint density at radius 3 is 1.60 bits per heavy atom. The summed E-state index contributed by atoms with van der Waals surface area (Å²) < 4.78 is 16.3. The number of unbranched alkanes of at least 4 members (excludes halogenated alkanes) is 1. The normalized spacial score (nSPS) is 11.4. The van der Waals surface area contributed by atoms with Crippen LogP contribution in [-0.4, -0.2) is 88.5 Å². The molecule has 0 unspecified atom stereocenters. The number of nitrogens with two attached hydrogens (primary N) is 2. The highest BCUT2D eigenvalue weighted by molar-refractivity contribution is 5.92. The third-order valence-electron chi connectivity index (χ3n) is 5.37. The fraction of sp³-hybridized carbons (Fsp3) is 0.710. The van der Waals surface area contributed by atoms with Gasteiger partial charge >= 0.3 is 18.3 Å². The number of rotatable bonds is 13. The lowest BCUT2D eigenvalue weighted by Crippen LogP contribution is -2.40. The second-order valence-electron chi connectivity index (χ2n) is 13.4. The topological polar surface area (TPSA) is 191 Å². The van der Waals surface area contributed by atoms with Crippen LogP contribution in [-0.2, 0) is 14.2 Å². The highest BCUT2D eigenvalue weighted by Crippen LogP contribution is 2.13. The van der Waals surface area contributed by atoms with Crippen molar-refractivity contribution >= 4 is 30.0 Å². The quantitative estimate of drug-likeness (QED) is 0.0985. The van der Waals surface area contributed by atoms with Crippen LogP contribution in [0.4, 0.5) is 20.2 Å². The summed E-state index contributed by atoms with van der Waals surface area (Å²) in [6.45, 7) is 21.0. The van der Waals surface area contributed by atoms with E-state index in [4.69, 9.17) is 25.8 Å². The van der Waals surface area contributed by atoms with E-state index in [1.807, 2.05) is 48.5 Å². The molecule has 14 heteroatoms. The van der Waals surface area contributed by atoms with Crippen LogP contribution in [0, 0.1) is 0 Å². The molecule has 0 bridgehead atoms. The molecule has 1 aromatic heterocycles. The van der Waals surface area contributed by atoms with Gasteiger partial charge in [-0.05, 0) is 100 Å². The molecule has 0 aliphatic carbocycles. The standard InChI is InChI=1S/C25H49N3O6.C6H8N4O/c1-11-16-27(21(30)33-24(5,6)7)17-12-13-18-28(22(31)34-25(8,9)10)19-14-15-26-20(29)32-23(2,3)4;7-6(11)4-1-2-5(10-8)9-3-4/h11-19H2,1-10H3,(H,26,29);1-3H,8H2,(H2,7,11)(H,9,10). The maximum Gasteiger partial charge on any atom is 0.410 e. The molecule has 1 aromatic rings. The average Bonchev–Trinajstić information content (AvgIpc) is 2.88. The average molecular weight is 640 g/mol. The highest BCUT2D eigenvalue weighted by atomic mass is 16.6. The highest BCUT2D eigenvalue weighted by Gasteiger charge is 2.24. The minimum absolute atomic E-state index is 0.313. The number of primary amides is 1. The van der Waals surface area contributed by atoms with Crippen LogP contribution in [0.15, 0.2) is 18.3 Å². The molecule has 0 radical (unpaired) electrons. The van der Waals surface area contributed by atoms with Crippen LogP contribution in [0.1, 0.15) is 105 Å². The Hall–Kier alpha value is -3.81. The number of hydrazine groups is 1. The Kier molecular flexibility index (Phi) is 17.9. The van der Waals surface area contributed by atoms with Crippen molar-refractivity contribution in [3.05, 3.63) is 23.9 Å². The Labute approximate surface area is 268 Å². The fourth-order valence-electron chi connectivity index (χ4n) is 3.52. The van der Waals surface area contributed by atoms with E-state index < -0.39 is 28.8 Å². The zero-order valence-corrected chi connectivity index (χ0v) is 29.0. The smallest absolute Gasteiger partial charge is 0.410 e. The molecule has 0 atom stereocenters. The molecule has 1 rings (SSSR count). The number of nitrogen functional groups attached to an aromatic ring is 1. The lowest BCUT2D eigenvalue weighted by Gasteiger charge is -2.29. The second-order valence-corrected chi connectivity index (χ2v) is 13.4. The molecular weight excluding hydrogens is 582 g/mol. The van der Waals surface area contributed by atoms with Crippen LogP contribution in [0.3, 0.4) is 0 Å². The summed E-state index contributed by atoms with van der Waals surface area (Å²) in [5, 5.41) is 2.71. The van der Waals surface area contributed by atoms with Crippen LogP contribution < -0.4 is 22.3 Å². The molecular formula is C31H57N7O7. The summed E-state index contributed by atoms with van der Waals surface area (Å²) in [6, 6.07) is 3.12. The van der Waals surface area contributed by atoms with Crippen LogP contribution in [0.5, 0.6) is 0 Å². The van der Waals surface area contributed by atoms with Crippen LogP contribution in [0.2, 0.25) is 0 Å². The number of carbonyl (C=O) groups is 4. The molecule has 6 N–H and O–H groups in total. The third-order valence-corrected chi connectivity index (χ3v) is 5.37. The van der Waals surface area contributed by atoms with Gasteiger partial charge in [-0.3, -0.25) is 4.79 Å². The fourth-order valence-corrected chi connectivity index (χ4v) is 3.52. The number of nitrogens with zero attached hydrogens (tertiary/aromatic N) is 3. The van der Waals surface area contributed by atoms with Crippen molar-refractivity contribution in [2.24, 2.45) is 11.6 Å². The van der Waals surface area contributed by atoms with Crippen molar-refractivity contribution in [2.75, 3.05) is 38.1 Å². The van der Waals surface area contributed by atoms with Gasteiger partial charge in [-0.1, -0.05) is 6.92 Å². The Bertz CT molecular complexity index is 1050. The van der Waals surface area contributed by atoms with E-state index >= 15 is 0 Å². The van der Waals surface area contributed by atoms with Gasteiger partial charge in [0, 0.05) is 38.9 Å². The summed E-state index contributed by atoms with van der Waals surface area (Å²) in [7, 11) is 0. The monoisotopic (exact) mass is 639 g/mol. The number of carbonyl (C=O) groups excluding carboxylic acids is 4. The zero-order valence-electron chi connectivity index (χ0n) is 29.0. The summed E-state index contributed by atoms with van der Waals surface area (Å²) in [5.74, 6) is 5.04. The van der Waals surface area contributed by atoms with Gasteiger partial charge < -0.3 is 40.5 Å². The van der Waals surface area contributed by atoms with Crippen LogP contribution in [0.25, 0.3) is 0 Å². The summed E-state index contributed by atoms with van der Waals surface area (Å²) in [5.41, 5.74) is 5.98. The first-order valence-corrected chi connectivity index (χ1v) is 15.3. The predicted octanol–water partition coefficient (Wildman–Crippen LogP) is 5.03. The molecule has 1 heterocycles. The number of pyridine rings is 1. The molecule has 0 spiro atoms. The van der Waals surface area contributed by atoms with E-state index in [9.17, 15) is 19.2 Å². The molecule has 0 aliphatic heterocycles. The van der Waals surface area contributed by atoms with Crippen molar-refractivity contribution in [3.8, 4) is 0 Å². The number of ether oxygens (including phenoxy) is 3. The van der Waals surface area contributed by atoms with Gasteiger partial charge in [0.1, 0.15) is 22.6 Å². The largest absolute Gasteiger partial charge is 0.444 e. The van der Waals surface area contributed by atoms with Gasteiger partial charge in [-0.2, -0.15) is 0 Å². The third kappa shape index (κ3) is 21.5. The number of aromatic nitrogens is 1. The number of hydrogen-bond acceptors (Lipinski definition) is 10. The predicted molar refractivity (Wildman–Crippen MR) is 175 cm³/mol. The Morgan fingerprint density at radius 2 is 1.22 bits per heavy atom. The maximum absolute atomic E-state index is 12.7. The summed E-state index contributed by atoms with van der Waals surface area (Å²) in [6.07, 6.45) is 3.03. The first-order valence-electron chi connectivity index (χ1n) is 15.3. The molecule has 45 heavy (non-hydrogen) atoms. The summed E-state index contributed by atoms with van der Waals surface area (Å²) >= 11 is 0. The van der Waals surface area contributed by atoms with Gasteiger partial charge in [0.15, 0.2) is 0 Å². The lowest BCUT2D eigenvalue weighted by atomic mass is 10.2. The van der Waals surface area contributed by atoms with Crippen molar-refractivity contribution in [1.29, 1.82) is 0 Å². The number of alkyl carbamates (subject to hydrolysis) is 1. The minimum atomic E-state index is -0.598. The van der Waals surface area contributed by atoms with E-state index in [1.165, 1.54) is 6.20 Å². The van der Waals surface area contributed by atoms with Crippen molar-refractivity contribution in [2.45, 2.75) is 112 Å². The number of anilines is 1. The minimum Gasteiger partial charge on any atom is -0.444 e. The first-order chi connectivity index (χ1) is 20.7. The molecule has 0 saturated carbocycles. The summed E-state index contributed by atoms with van der Waals surface area (Å²) in [4.78, 5) is 54.6. The van der Waals surface area contributed by atoms with Crippen molar-refractivity contribution < 1.29 is 33.4 Å². The molecule has 14 nitrogen and oxygen atoms in total. The molecule has 0 aliphatic rings. The molecule has 0 aromatic carbocycles. The molecule has 0 saturated heterocycles. The van der Waals surface area contributed by atoms with Gasteiger partial charge in [0.05, 0.1) is 5.56 Å². The van der Waals surface area contributed by atoms with Crippen molar-refractivity contribution in [3.63, 3.8) is 0 Å². The lowest BCUT2D eigenvalue weighted by molar-refractivity contribution is 0.0208. The van der Waals surface area contributed by atoms with E-state index in [0.29, 0.717) is 56.9 Å². The van der Waals surface area contributed by atoms with E-state index in [-0.39, 0.29) is 12.2 Å². The number of amides is 4. The van der Waals surface area contributed by atoms with Crippen molar-refractivity contribution in [1.82, 2.24) is 20.1 Å². The molecule has 258 valence electrons. The number of hydrogen-bond donors (Lipinski definition) is 4. The van der Waals surface area contributed by atoms with Crippen LogP contribution >= 0.6 is 0 Å². The Balaban J connectivity index is 0.00000146. The van der Waals surface area contributed by atoms with E-state index in [1.54, 1.807) is 42.7 Å². The number of nitrogens with one attached hydrogen (secondary N) is 2. The van der Waals surface area contributed by atoms with Gasteiger partial charge in [0.25, 0.3) is 0 Å². The first kappa shape index (κ1) is 41.2. The van der Waals surface area contributed by atoms with Gasteiger partial charge in [-0.25, -0.2) is 25.2 Å². The van der Waals surface area contributed by atoms with Gasteiger partial charge in [-0.15, -0.1) is 0 Å². The van der Waals surface area contributed by atoms with E-state index in [2.05, 4.69) is 15.7 Å². The molecule has 4 amide bonds. The Morgan fingerprint density at radius 1 is 0.756 bits per heavy atom. The SMILES string of the molecule is CCCN(CCCCN(CCCNC(=O)OC(C)(C)C)C(=O)OC(C)(C)C)C(=O)OC(C)(C)C.NNc1ccc(C(N)=O)cn1. The zero-order chi connectivity index (χ0) is 34.8. The maximum atomic E-state index is 12.7. The second kappa shape index (κ2) is 19.6.